The zero-order valence-corrected chi connectivity index (χ0v) is 12.4. The van der Waals surface area contributed by atoms with Crippen molar-refractivity contribution in [1.29, 1.82) is 0 Å². The third-order valence-electron chi connectivity index (χ3n) is 2.40. The van der Waals surface area contributed by atoms with Gasteiger partial charge < -0.3 is 10.2 Å². The molecular weight excluding hydrogens is 312 g/mol. The van der Waals surface area contributed by atoms with Crippen LogP contribution >= 0.6 is 0 Å². The van der Waals surface area contributed by atoms with E-state index in [1.54, 1.807) is 24.3 Å². The van der Waals surface area contributed by atoms with Gasteiger partial charge in [0.25, 0.3) is 0 Å². The Hall–Kier alpha value is -2.10. The van der Waals surface area contributed by atoms with E-state index in [9.17, 15) is 9.59 Å². The SMILES string of the molecule is O=C(O)Cc1ccccc1.O=C(O)Cc1ccccc1.[Fe]. The zero-order valence-electron chi connectivity index (χ0n) is 11.3. The van der Waals surface area contributed by atoms with Crippen molar-refractivity contribution in [2.45, 2.75) is 12.8 Å². The summed E-state index contributed by atoms with van der Waals surface area (Å²) in [5.41, 5.74) is 1.69. The fourth-order valence-electron chi connectivity index (χ4n) is 1.54. The first-order valence-electron chi connectivity index (χ1n) is 6.09. The molecule has 0 aliphatic heterocycles. The van der Waals surface area contributed by atoms with Gasteiger partial charge in [0.1, 0.15) is 0 Å². The van der Waals surface area contributed by atoms with Crippen LogP contribution in [0.3, 0.4) is 0 Å². The van der Waals surface area contributed by atoms with Gasteiger partial charge in [0, 0.05) is 17.1 Å². The molecule has 0 heterocycles. The molecule has 0 aliphatic rings. The van der Waals surface area contributed by atoms with Crippen molar-refractivity contribution in [3.05, 3.63) is 71.8 Å². The summed E-state index contributed by atoms with van der Waals surface area (Å²) in [6.07, 6.45) is 0.224. The van der Waals surface area contributed by atoms with Gasteiger partial charge in [-0.1, -0.05) is 60.7 Å². The van der Waals surface area contributed by atoms with E-state index in [1.165, 1.54) is 0 Å². The Morgan fingerprint density at radius 1 is 0.667 bits per heavy atom. The first-order valence-corrected chi connectivity index (χ1v) is 6.09. The van der Waals surface area contributed by atoms with Crippen molar-refractivity contribution in [2.75, 3.05) is 0 Å². The standard InChI is InChI=1S/2C8H8O2.Fe/c2*9-8(10)6-7-4-2-1-3-5-7;/h2*1-5H,6H2,(H,9,10);. The van der Waals surface area contributed by atoms with E-state index in [2.05, 4.69) is 0 Å². The number of hydrogen-bond donors (Lipinski definition) is 2. The predicted molar refractivity (Wildman–Crippen MR) is 75.6 cm³/mol. The van der Waals surface area contributed by atoms with Crippen molar-refractivity contribution in [1.82, 2.24) is 0 Å². The molecule has 0 saturated heterocycles. The molecule has 2 rings (SSSR count). The van der Waals surface area contributed by atoms with Gasteiger partial charge in [-0.2, -0.15) is 0 Å². The molecule has 2 aromatic carbocycles. The van der Waals surface area contributed by atoms with Crippen molar-refractivity contribution < 1.29 is 36.9 Å². The van der Waals surface area contributed by atoms with E-state index in [0.717, 1.165) is 11.1 Å². The average molecular weight is 328 g/mol. The van der Waals surface area contributed by atoms with Crippen LogP contribution in [-0.4, -0.2) is 22.2 Å². The van der Waals surface area contributed by atoms with E-state index in [-0.39, 0.29) is 29.9 Å². The second-order valence-electron chi connectivity index (χ2n) is 4.11. The second-order valence-corrected chi connectivity index (χ2v) is 4.11. The summed E-state index contributed by atoms with van der Waals surface area (Å²) in [6, 6.07) is 18.3. The van der Waals surface area contributed by atoms with E-state index < -0.39 is 11.9 Å². The van der Waals surface area contributed by atoms with Crippen molar-refractivity contribution in [3.63, 3.8) is 0 Å². The van der Waals surface area contributed by atoms with Gasteiger partial charge in [-0.25, -0.2) is 0 Å². The Labute approximate surface area is 133 Å². The van der Waals surface area contributed by atoms with Crippen LogP contribution in [0, 0.1) is 0 Å². The molecule has 0 fully saturated rings. The maximum absolute atomic E-state index is 10.2. The first-order chi connectivity index (χ1) is 9.58. The van der Waals surface area contributed by atoms with Crippen LogP contribution < -0.4 is 0 Å². The number of carboxylic acid groups (broad SMARTS) is 2. The van der Waals surface area contributed by atoms with Crippen LogP contribution in [-0.2, 0) is 39.5 Å². The Morgan fingerprint density at radius 3 is 1.19 bits per heavy atom. The van der Waals surface area contributed by atoms with Crippen LogP contribution in [0.15, 0.2) is 60.7 Å². The molecule has 112 valence electrons. The topological polar surface area (TPSA) is 74.6 Å². The molecule has 4 nitrogen and oxygen atoms in total. The Morgan fingerprint density at radius 2 is 0.952 bits per heavy atom. The maximum atomic E-state index is 10.2. The van der Waals surface area contributed by atoms with Gasteiger partial charge in [0.2, 0.25) is 0 Å². The number of rotatable bonds is 4. The monoisotopic (exact) mass is 328 g/mol. The first kappa shape index (κ1) is 18.9. The number of carboxylic acids is 2. The second kappa shape index (κ2) is 10.7. The summed E-state index contributed by atoms with van der Waals surface area (Å²) in [5, 5.41) is 16.7. The fourth-order valence-corrected chi connectivity index (χ4v) is 1.54. The van der Waals surface area contributed by atoms with Gasteiger partial charge in [0.15, 0.2) is 0 Å². The molecule has 0 unspecified atom stereocenters. The minimum atomic E-state index is -0.786. The van der Waals surface area contributed by atoms with Crippen LogP contribution in [0.4, 0.5) is 0 Å². The minimum Gasteiger partial charge on any atom is -0.481 e. The maximum Gasteiger partial charge on any atom is 0.307 e. The molecule has 0 atom stereocenters. The van der Waals surface area contributed by atoms with Crippen LogP contribution in [0.2, 0.25) is 0 Å². The number of aliphatic carboxylic acids is 2. The Bertz CT molecular complexity index is 489. The summed E-state index contributed by atoms with van der Waals surface area (Å²) in [4.78, 5) is 20.3. The zero-order chi connectivity index (χ0) is 14.8. The van der Waals surface area contributed by atoms with E-state index >= 15 is 0 Å². The van der Waals surface area contributed by atoms with Gasteiger partial charge in [-0.05, 0) is 11.1 Å². The van der Waals surface area contributed by atoms with Crippen molar-refractivity contribution >= 4 is 11.9 Å². The largest absolute Gasteiger partial charge is 0.481 e. The van der Waals surface area contributed by atoms with Crippen molar-refractivity contribution in [2.24, 2.45) is 0 Å². The van der Waals surface area contributed by atoms with E-state index in [0.29, 0.717) is 0 Å². The summed E-state index contributed by atoms with van der Waals surface area (Å²) < 4.78 is 0. The van der Waals surface area contributed by atoms with E-state index in [4.69, 9.17) is 10.2 Å². The van der Waals surface area contributed by atoms with Crippen molar-refractivity contribution in [3.8, 4) is 0 Å². The molecule has 2 N–H and O–H groups in total. The quantitative estimate of drug-likeness (QED) is 0.846. The molecule has 0 spiro atoms. The minimum absolute atomic E-state index is 0. The smallest absolute Gasteiger partial charge is 0.307 e. The predicted octanol–water partition coefficient (Wildman–Crippen LogP) is 2.62. The fraction of sp³-hybridized carbons (Fsp3) is 0.125. The number of benzene rings is 2. The van der Waals surface area contributed by atoms with Crippen LogP contribution in [0.25, 0.3) is 0 Å². The van der Waals surface area contributed by atoms with Gasteiger partial charge >= 0.3 is 11.9 Å². The molecule has 0 aliphatic carbocycles. The van der Waals surface area contributed by atoms with E-state index in [1.807, 2.05) is 36.4 Å². The summed E-state index contributed by atoms with van der Waals surface area (Å²) in [6.45, 7) is 0. The van der Waals surface area contributed by atoms with Crippen LogP contribution in [0.5, 0.6) is 0 Å². The molecule has 0 radical (unpaired) electrons. The summed E-state index contributed by atoms with van der Waals surface area (Å²) in [5.74, 6) is -1.57. The summed E-state index contributed by atoms with van der Waals surface area (Å²) >= 11 is 0. The van der Waals surface area contributed by atoms with Gasteiger partial charge in [-0.15, -0.1) is 0 Å². The van der Waals surface area contributed by atoms with Crippen LogP contribution in [0.1, 0.15) is 11.1 Å². The molecule has 21 heavy (non-hydrogen) atoms. The molecule has 0 amide bonds. The number of hydrogen-bond acceptors (Lipinski definition) is 2. The third kappa shape index (κ3) is 9.43. The van der Waals surface area contributed by atoms with Gasteiger partial charge in [0.05, 0.1) is 12.8 Å². The normalized spacial score (nSPS) is 8.76. The molecule has 0 bridgehead atoms. The molecule has 2 aromatic rings. The molecule has 5 heteroatoms. The molecule has 0 saturated carbocycles. The van der Waals surface area contributed by atoms with Gasteiger partial charge in [-0.3, -0.25) is 9.59 Å². The summed E-state index contributed by atoms with van der Waals surface area (Å²) in [7, 11) is 0. The average Bonchev–Trinajstić information content (AvgIpc) is 2.40. The third-order valence-corrected chi connectivity index (χ3v) is 2.40. The Balaban J connectivity index is 0.000000364. The molecule has 0 aromatic heterocycles. The Kier molecular flexibility index (Phi) is 9.59. The molecular formula is C16H16FeO4. The number of carbonyl (C=O) groups is 2.